The Balaban J connectivity index is 1.59. The number of benzene rings is 1. The molecule has 3 amide bonds. The van der Waals surface area contributed by atoms with Crippen molar-refractivity contribution in [2.45, 2.75) is 78.6 Å². The lowest BCUT2D eigenvalue weighted by Gasteiger charge is -2.31. The highest BCUT2D eigenvalue weighted by Gasteiger charge is 2.41. The highest BCUT2D eigenvalue weighted by atomic mass is 16.5. The van der Waals surface area contributed by atoms with Gasteiger partial charge in [-0.05, 0) is 55.9 Å². The first-order valence-corrected chi connectivity index (χ1v) is 14.1. The molecular weight excluding hydrogens is 538 g/mol. The standard InChI is InChI=1S/C31H43N5O6/c1-18-11-19(2)27(20(3)12-18)29(39)35-23(30(40)41)15-34-25(37)17-42-21-13-24(28(32)22-9-7-8-10-33-22)36(16-21)26(38)14-31(4,5)6/h7-12,21,23-24,28H,13-17,32H2,1-6H3,(H,34,37)(H,35,39)(H,40,41). The summed E-state index contributed by atoms with van der Waals surface area (Å²) in [6.45, 7) is 11.1. The average Bonchev–Trinajstić information content (AvgIpc) is 3.33. The Hall–Kier alpha value is -3.83. The van der Waals surface area contributed by atoms with Gasteiger partial charge in [0.15, 0.2) is 0 Å². The minimum Gasteiger partial charge on any atom is -0.480 e. The molecule has 1 aliphatic heterocycles. The second-order valence-corrected chi connectivity index (χ2v) is 12.2. The van der Waals surface area contributed by atoms with Crippen LogP contribution in [0.5, 0.6) is 0 Å². The number of hydrogen-bond donors (Lipinski definition) is 4. The molecule has 4 unspecified atom stereocenters. The van der Waals surface area contributed by atoms with Crippen molar-refractivity contribution < 1.29 is 29.0 Å². The molecule has 3 rings (SSSR count). The van der Waals surface area contributed by atoms with E-state index in [9.17, 15) is 24.3 Å². The van der Waals surface area contributed by atoms with Gasteiger partial charge in [0.2, 0.25) is 11.8 Å². The van der Waals surface area contributed by atoms with Gasteiger partial charge in [-0.25, -0.2) is 4.79 Å². The zero-order chi connectivity index (χ0) is 31.2. The molecule has 1 aromatic heterocycles. The minimum atomic E-state index is -1.33. The molecule has 5 N–H and O–H groups in total. The van der Waals surface area contributed by atoms with Gasteiger partial charge in [0.05, 0.1) is 23.9 Å². The van der Waals surface area contributed by atoms with E-state index in [4.69, 9.17) is 10.5 Å². The maximum Gasteiger partial charge on any atom is 0.328 e. The zero-order valence-corrected chi connectivity index (χ0v) is 25.3. The summed E-state index contributed by atoms with van der Waals surface area (Å²) in [7, 11) is 0. The van der Waals surface area contributed by atoms with Crippen LogP contribution in [-0.4, -0.2) is 76.6 Å². The lowest BCUT2D eigenvalue weighted by Crippen LogP contribution is -2.49. The highest BCUT2D eigenvalue weighted by molar-refractivity contribution is 5.99. The molecule has 1 aromatic carbocycles. The van der Waals surface area contributed by atoms with Gasteiger partial charge in [0, 0.05) is 31.3 Å². The molecule has 4 atom stereocenters. The van der Waals surface area contributed by atoms with Crippen LogP contribution >= 0.6 is 0 Å². The Morgan fingerprint density at radius 2 is 1.81 bits per heavy atom. The molecule has 0 bridgehead atoms. The summed E-state index contributed by atoms with van der Waals surface area (Å²) in [5.41, 5.74) is 9.86. The first-order chi connectivity index (χ1) is 19.7. The lowest BCUT2D eigenvalue weighted by atomic mass is 9.91. The SMILES string of the molecule is Cc1cc(C)c(C(=O)NC(CNC(=O)COC2CC(C(N)c3ccccn3)N(C(=O)CC(C)(C)C)C2)C(=O)O)c(C)c1. The second-order valence-electron chi connectivity index (χ2n) is 12.2. The molecule has 2 aromatic rings. The molecule has 0 aliphatic carbocycles. The maximum absolute atomic E-state index is 13.2. The predicted molar refractivity (Wildman–Crippen MR) is 158 cm³/mol. The predicted octanol–water partition coefficient (Wildman–Crippen LogP) is 2.43. The number of nitrogens with two attached hydrogens (primary N) is 1. The van der Waals surface area contributed by atoms with Crippen molar-refractivity contribution in [3.63, 3.8) is 0 Å². The minimum absolute atomic E-state index is 0.0477. The molecule has 1 aliphatic rings. The number of pyridine rings is 1. The van der Waals surface area contributed by atoms with Crippen molar-refractivity contribution in [1.29, 1.82) is 0 Å². The lowest BCUT2D eigenvalue weighted by molar-refractivity contribution is -0.139. The number of hydrogen-bond acceptors (Lipinski definition) is 7. The molecular formula is C31H43N5O6. The molecule has 0 radical (unpaired) electrons. The maximum atomic E-state index is 13.2. The van der Waals surface area contributed by atoms with E-state index in [1.807, 2.05) is 52.0 Å². The summed E-state index contributed by atoms with van der Waals surface area (Å²) < 4.78 is 5.86. The van der Waals surface area contributed by atoms with Crippen LogP contribution in [0.15, 0.2) is 36.5 Å². The van der Waals surface area contributed by atoms with Crippen LogP contribution in [-0.2, 0) is 19.1 Å². The fraction of sp³-hybridized carbons (Fsp3) is 0.516. The zero-order valence-electron chi connectivity index (χ0n) is 25.3. The Kier molecular flexibility index (Phi) is 10.8. The van der Waals surface area contributed by atoms with E-state index in [2.05, 4.69) is 15.6 Å². The summed E-state index contributed by atoms with van der Waals surface area (Å²) in [5, 5.41) is 14.7. The van der Waals surface area contributed by atoms with Gasteiger partial charge in [-0.2, -0.15) is 0 Å². The van der Waals surface area contributed by atoms with Gasteiger partial charge in [-0.3, -0.25) is 19.4 Å². The first-order valence-electron chi connectivity index (χ1n) is 14.1. The van der Waals surface area contributed by atoms with Crippen molar-refractivity contribution in [2.24, 2.45) is 11.1 Å². The largest absolute Gasteiger partial charge is 0.480 e. The van der Waals surface area contributed by atoms with Crippen LogP contribution < -0.4 is 16.4 Å². The molecule has 11 heteroatoms. The Morgan fingerprint density at radius 1 is 1.14 bits per heavy atom. The van der Waals surface area contributed by atoms with Crippen molar-refractivity contribution in [1.82, 2.24) is 20.5 Å². The highest BCUT2D eigenvalue weighted by Crippen LogP contribution is 2.31. The van der Waals surface area contributed by atoms with Gasteiger partial charge in [0.25, 0.3) is 5.91 Å². The van der Waals surface area contributed by atoms with Crippen LogP contribution in [0, 0.1) is 26.2 Å². The topological polar surface area (TPSA) is 164 Å². The van der Waals surface area contributed by atoms with Gasteiger partial charge in [-0.15, -0.1) is 0 Å². The summed E-state index contributed by atoms with van der Waals surface area (Å²) in [6, 6.07) is 6.94. The van der Waals surface area contributed by atoms with Crippen LogP contribution in [0.2, 0.25) is 0 Å². The number of nitrogens with one attached hydrogen (secondary N) is 2. The van der Waals surface area contributed by atoms with Gasteiger partial charge < -0.3 is 31.1 Å². The Labute approximate surface area is 247 Å². The third kappa shape index (κ3) is 8.83. The smallest absolute Gasteiger partial charge is 0.328 e. The van der Waals surface area contributed by atoms with Crippen molar-refractivity contribution in [3.8, 4) is 0 Å². The number of amides is 3. The van der Waals surface area contributed by atoms with Crippen LogP contribution in [0.1, 0.15) is 72.4 Å². The Bertz CT molecular complexity index is 1270. The summed E-state index contributed by atoms with van der Waals surface area (Å²) in [4.78, 5) is 56.6. The van der Waals surface area contributed by atoms with E-state index < -0.39 is 36.0 Å². The number of likely N-dealkylation sites (tertiary alicyclic amines) is 1. The van der Waals surface area contributed by atoms with E-state index in [0.29, 0.717) is 24.1 Å². The normalized spacial score (nSPS) is 18.3. The molecule has 2 heterocycles. The van der Waals surface area contributed by atoms with E-state index in [0.717, 1.165) is 16.7 Å². The van der Waals surface area contributed by atoms with Gasteiger partial charge in [-0.1, -0.05) is 44.5 Å². The number of ether oxygens (including phenoxy) is 1. The summed E-state index contributed by atoms with van der Waals surface area (Å²) in [6.07, 6.45) is 1.96. The van der Waals surface area contributed by atoms with Gasteiger partial charge in [0.1, 0.15) is 12.6 Å². The molecule has 0 saturated carbocycles. The monoisotopic (exact) mass is 581 g/mol. The van der Waals surface area contributed by atoms with Crippen molar-refractivity contribution >= 4 is 23.7 Å². The van der Waals surface area contributed by atoms with Crippen LogP contribution in [0.25, 0.3) is 0 Å². The number of aliphatic carboxylic acids is 1. The third-order valence-corrected chi connectivity index (χ3v) is 7.21. The average molecular weight is 582 g/mol. The molecule has 11 nitrogen and oxygen atoms in total. The number of nitrogens with zero attached hydrogens (tertiary/aromatic N) is 2. The fourth-order valence-corrected chi connectivity index (χ4v) is 5.33. The number of rotatable bonds is 11. The van der Waals surface area contributed by atoms with Crippen LogP contribution in [0.4, 0.5) is 0 Å². The summed E-state index contributed by atoms with van der Waals surface area (Å²) >= 11 is 0. The fourth-order valence-electron chi connectivity index (χ4n) is 5.33. The molecule has 0 spiro atoms. The van der Waals surface area contributed by atoms with Crippen molar-refractivity contribution in [3.05, 3.63) is 64.5 Å². The van der Waals surface area contributed by atoms with E-state index in [1.54, 1.807) is 31.0 Å². The van der Waals surface area contributed by atoms with Gasteiger partial charge >= 0.3 is 5.97 Å². The number of carbonyl (C=O) groups is 4. The first kappa shape index (κ1) is 32.7. The molecule has 1 fully saturated rings. The number of carboxylic acids is 1. The van der Waals surface area contributed by atoms with E-state index in [1.165, 1.54) is 0 Å². The van der Waals surface area contributed by atoms with Crippen molar-refractivity contribution in [2.75, 3.05) is 19.7 Å². The summed E-state index contributed by atoms with van der Waals surface area (Å²) in [5.74, 6) is -2.39. The number of aromatic nitrogens is 1. The van der Waals surface area contributed by atoms with E-state index >= 15 is 0 Å². The quantitative estimate of drug-likeness (QED) is 0.314. The number of carbonyl (C=O) groups excluding carboxylic acids is 3. The number of aryl methyl sites for hydroxylation is 3. The Morgan fingerprint density at radius 3 is 2.38 bits per heavy atom. The van der Waals surface area contributed by atoms with Crippen LogP contribution in [0.3, 0.4) is 0 Å². The molecule has 1 saturated heterocycles. The molecule has 228 valence electrons. The van der Waals surface area contributed by atoms with E-state index in [-0.39, 0.29) is 37.1 Å². The third-order valence-electron chi connectivity index (χ3n) is 7.21. The number of carboxylic acid groups (broad SMARTS) is 1. The molecule has 42 heavy (non-hydrogen) atoms. The second kappa shape index (κ2) is 13.9.